The van der Waals surface area contributed by atoms with Crippen LogP contribution in [0.5, 0.6) is 0 Å². The number of ether oxygens (including phenoxy) is 1. The fourth-order valence-corrected chi connectivity index (χ4v) is 1.56. The molecule has 0 bridgehead atoms. The average Bonchev–Trinajstić information content (AvgIpc) is 2.47. The number of primary amides is 1. The van der Waals surface area contributed by atoms with Crippen molar-refractivity contribution >= 4 is 18.0 Å². The van der Waals surface area contributed by atoms with Crippen molar-refractivity contribution in [1.82, 2.24) is 5.48 Å². The summed E-state index contributed by atoms with van der Waals surface area (Å²) >= 11 is 0. The van der Waals surface area contributed by atoms with E-state index in [0.717, 1.165) is 5.56 Å². The van der Waals surface area contributed by atoms with Gasteiger partial charge in [-0.05, 0) is 12.0 Å². The van der Waals surface area contributed by atoms with Crippen LogP contribution in [0.4, 0.5) is 4.79 Å². The number of nitrogens with one attached hydrogen (secondary N) is 1. The highest BCUT2D eigenvalue weighted by Crippen LogP contribution is 2.02. The summed E-state index contributed by atoms with van der Waals surface area (Å²) in [5.41, 5.74) is 7.80. The lowest BCUT2D eigenvalue weighted by atomic mass is 10.2. The predicted molar refractivity (Wildman–Crippen MR) is 75.6 cm³/mol. The second kappa shape index (κ2) is 9.35. The van der Waals surface area contributed by atoms with Crippen molar-refractivity contribution in [3.05, 3.63) is 35.9 Å². The summed E-state index contributed by atoms with van der Waals surface area (Å²) in [6, 6.07) is 9.40. The third-order valence-corrected chi connectivity index (χ3v) is 2.68. The smallest absolute Gasteiger partial charge is 0.431 e. The highest BCUT2D eigenvalue weighted by molar-refractivity contribution is 5.76. The van der Waals surface area contributed by atoms with E-state index in [9.17, 15) is 14.4 Å². The topological polar surface area (TPSA) is 128 Å². The van der Waals surface area contributed by atoms with Gasteiger partial charge in [0.1, 0.15) is 0 Å². The van der Waals surface area contributed by atoms with Crippen LogP contribution in [0, 0.1) is 0 Å². The van der Waals surface area contributed by atoms with Gasteiger partial charge >= 0.3 is 12.1 Å². The zero-order valence-electron chi connectivity index (χ0n) is 11.9. The maximum Gasteiger partial charge on any atom is 0.431 e. The van der Waals surface area contributed by atoms with E-state index in [-0.39, 0.29) is 19.4 Å². The van der Waals surface area contributed by atoms with Gasteiger partial charge in [0.2, 0.25) is 5.91 Å². The highest BCUT2D eigenvalue weighted by atomic mass is 16.7. The van der Waals surface area contributed by atoms with E-state index in [0.29, 0.717) is 6.42 Å². The maximum atomic E-state index is 11.4. The van der Waals surface area contributed by atoms with Crippen molar-refractivity contribution < 1.29 is 29.1 Å². The molecule has 2 amide bonds. The summed E-state index contributed by atoms with van der Waals surface area (Å²) in [6.45, 7) is 0.123. The summed E-state index contributed by atoms with van der Waals surface area (Å²) in [6.07, 6.45) is -2.05. The monoisotopic (exact) mass is 310 g/mol. The van der Waals surface area contributed by atoms with Crippen molar-refractivity contribution in [3.8, 4) is 0 Å². The average molecular weight is 310 g/mol. The minimum atomic E-state index is -1.37. The number of carboxylic acids is 1. The zero-order chi connectivity index (χ0) is 16.4. The lowest BCUT2D eigenvalue weighted by molar-refractivity contribution is -0.155. The molecule has 1 rings (SSSR count). The number of hydroxylamine groups is 1. The Morgan fingerprint density at radius 3 is 2.50 bits per heavy atom. The number of carbonyl (C=O) groups is 3. The van der Waals surface area contributed by atoms with E-state index in [1.165, 1.54) is 0 Å². The summed E-state index contributed by atoms with van der Waals surface area (Å²) in [5, 5.41) is 8.85. The van der Waals surface area contributed by atoms with E-state index in [1.54, 1.807) is 0 Å². The molecule has 0 spiro atoms. The fourth-order valence-electron chi connectivity index (χ4n) is 1.56. The Hall–Kier alpha value is -2.61. The normalized spacial score (nSPS) is 11.5. The molecule has 0 radical (unpaired) electrons. The predicted octanol–water partition coefficient (Wildman–Crippen LogP) is 0.606. The minimum absolute atomic E-state index is 0.123. The Morgan fingerprint density at radius 1 is 1.23 bits per heavy atom. The van der Waals surface area contributed by atoms with Gasteiger partial charge < -0.3 is 15.6 Å². The second-order valence-corrected chi connectivity index (χ2v) is 4.42. The van der Waals surface area contributed by atoms with Crippen LogP contribution in [-0.4, -0.2) is 35.8 Å². The zero-order valence-corrected chi connectivity index (χ0v) is 11.9. The molecule has 0 aromatic heterocycles. The number of hydrogen-bond donors (Lipinski definition) is 3. The number of amides is 2. The van der Waals surface area contributed by atoms with Crippen LogP contribution in [0.15, 0.2) is 30.3 Å². The van der Waals surface area contributed by atoms with Gasteiger partial charge in [-0.3, -0.25) is 9.63 Å². The van der Waals surface area contributed by atoms with Crippen LogP contribution in [0.3, 0.4) is 0 Å². The third-order valence-electron chi connectivity index (χ3n) is 2.68. The molecule has 120 valence electrons. The number of aliphatic carboxylic acids is 1. The molecule has 0 saturated carbocycles. The van der Waals surface area contributed by atoms with Gasteiger partial charge in [0.15, 0.2) is 6.10 Å². The Kier molecular flexibility index (Phi) is 7.41. The van der Waals surface area contributed by atoms with Crippen LogP contribution in [0.2, 0.25) is 0 Å². The van der Waals surface area contributed by atoms with Crippen molar-refractivity contribution in [2.24, 2.45) is 5.73 Å². The molecule has 0 heterocycles. The van der Waals surface area contributed by atoms with Crippen molar-refractivity contribution in [1.29, 1.82) is 0 Å². The lowest BCUT2D eigenvalue weighted by Crippen LogP contribution is -2.35. The Balaban J connectivity index is 2.25. The fraction of sp³-hybridized carbons (Fsp3) is 0.357. The quantitative estimate of drug-likeness (QED) is 0.573. The summed E-state index contributed by atoms with van der Waals surface area (Å²) < 4.78 is 4.84. The van der Waals surface area contributed by atoms with Crippen LogP contribution >= 0.6 is 0 Å². The van der Waals surface area contributed by atoms with Gasteiger partial charge in [-0.2, -0.15) is 5.48 Å². The van der Waals surface area contributed by atoms with Gasteiger partial charge in [0.05, 0.1) is 6.61 Å². The minimum Gasteiger partial charge on any atom is -0.479 e. The van der Waals surface area contributed by atoms with E-state index in [2.05, 4.69) is 4.84 Å². The van der Waals surface area contributed by atoms with E-state index in [1.807, 2.05) is 35.8 Å². The third kappa shape index (κ3) is 7.25. The number of carboxylic acid groups (broad SMARTS) is 1. The first-order valence-corrected chi connectivity index (χ1v) is 6.62. The summed E-state index contributed by atoms with van der Waals surface area (Å²) in [7, 11) is 0. The standard InChI is InChI=1S/C14H18N2O6/c15-12(17)7-6-11(13(18)19)22-16-14(20)21-9-8-10-4-2-1-3-5-10/h1-5,11H,6-9H2,(H2,15,17)(H,16,20)(H,18,19)/t11-/m1/s1. The molecule has 1 atom stereocenters. The molecule has 22 heavy (non-hydrogen) atoms. The lowest BCUT2D eigenvalue weighted by Gasteiger charge is -2.13. The number of hydrogen-bond acceptors (Lipinski definition) is 5. The van der Waals surface area contributed by atoms with Gasteiger partial charge in [0, 0.05) is 12.8 Å². The molecule has 0 saturated heterocycles. The number of benzene rings is 1. The van der Waals surface area contributed by atoms with E-state index >= 15 is 0 Å². The molecular formula is C14H18N2O6. The first kappa shape index (κ1) is 17.4. The van der Waals surface area contributed by atoms with Crippen LogP contribution in [0.25, 0.3) is 0 Å². The van der Waals surface area contributed by atoms with Crippen molar-refractivity contribution in [2.75, 3.05) is 6.61 Å². The maximum absolute atomic E-state index is 11.4. The Morgan fingerprint density at radius 2 is 1.91 bits per heavy atom. The Labute approximate surface area is 127 Å². The number of nitrogens with two attached hydrogens (primary N) is 1. The first-order valence-electron chi connectivity index (χ1n) is 6.62. The molecule has 1 aromatic rings. The molecule has 0 unspecified atom stereocenters. The van der Waals surface area contributed by atoms with Crippen molar-refractivity contribution in [2.45, 2.75) is 25.4 Å². The number of rotatable bonds is 9. The molecule has 4 N–H and O–H groups in total. The second-order valence-electron chi connectivity index (χ2n) is 4.42. The number of carbonyl (C=O) groups excluding carboxylic acids is 2. The molecule has 8 nitrogen and oxygen atoms in total. The van der Waals surface area contributed by atoms with Crippen LogP contribution < -0.4 is 11.2 Å². The highest BCUT2D eigenvalue weighted by Gasteiger charge is 2.20. The molecule has 0 aliphatic heterocycles. The SMILES string of the molecule is NC(=O)CC[C@@H](ONC(=O)OCCc1ccccc1)C(=O)O. The summed E-state index contributed by atoms with van der Waals surface area (Å²) in [4.78, 5) is 37.5. The Bertz CT molecular complexity index is 505. The van der Waals surface area contributed by atoms with Gasteiger partial charge in [-0.25, -0.2) is 9.59 Å². The van der Waals surface area contributed by atoms with Gasteiger partial charge in [-0.15, -0.1) is 0 Å². The van der Waals surface area contributed by atoms with E-state index < -0.39 is 24.1 Å². The molecule has 0 aliphatic rings. The molecular weight excluding hydrogens is 292 g/mol. The molecule has 1 aromatic carbocycles. The van der Waals surface area contributed by atoms with E-state index in [4.69, 9.17) is 15.6 Å². The van der Waals surface area contributed by atoms with Gasteiger partial charge in [0.25, 0.3) is 0 Å². The van der Waals surface area contributed by atoms with Crippen LogP contribution in [0.1, 0.15) is 18.4 Å². The van der Waals surface area contributed by atoms with Gasteiger partial charge in [-0.1, -0.05) is 30.3 Å². The molecule has 8 heteroatoms. The van der Waals surface area contributed by atoms with Crippen LogP contribution in [-0.2, 0) is 25.6 Å². The van der Waals surface area contributed by atoms with Crippen molar-refractivity contribution in [3.63, 3.8) is 0 Å². The first-order chi connectivity index (χ1) is 10.5. The summed E-state index contributed by atoms with van der Waals surface area (Å²) in [5.74, 6) is -1.97. The molecule has 0 aliphatic carbocycles. The largest absolute Gasteiger partial charge is 0.479 e. The molecule has 0 fully saturated rings.